The lowest BCUT2D eigenvalue weighted by Crippen LogP contribution is -2.11. The molecule has 0 fully saturated rings. The minimum atomic E-state index is 0.564. The van der Waals surface area contributed by atoms with Crippen LogP contribution in [0.1, 0.15) is 25.3 Å². The fourth-order valence-electron chi connectivity index (χ4n) is 1.74. The third-order valence-corrected chi connectivity index (χ3v) is 3.23. The molecule has 1 rings (SSSR count). The number of hydrogen-bond acceptors (Lipinski definition) is 3. The number of rotatable bonds is 8. The molecule has 1 unspecified atom stereocenters. The predicted octanol–water partition coefficient (Wildman–Crippen LogP) is 3.56. The first-order valence-corrected chi connectivity index (χ1v) is 6.75. The van der Waals surface area contributed by atoms with Crippen molar-refractivity contribution in [2.75, 3.05) is 19.5 Å². The second kappa shape index (κ2) is 8.43. The second-order valence-electron chi connectivity index (χ2n) is 4.20. The molecule has 3 heteroatoms. The minimum absolute atomic E-state index is 0.564. The van der Waals surface area contributed by atoms with Crippen LogP contribution in [0, 0.1) is 5.92 Å². The van der Waals surface area contributed by atoms with Crippen LogP contribution in [0.5, 0.6) is 5.75 Å². The molecule has 1 aromatic rings. The molecule has 0 saturated carbocycles. The maximum absolute atomic E-state index is 5.72. The molecule has 0 saturated heterocycles. The zero-order chi connectivity index (χ0) is 12.5. The van der Waals surface area contributed by atoms with Gasteiger partial charge in [0.2, 0.25) is 0 Å². The molecule has 0 heterocycles. The molecule has 96 valence electrons. The highest BCUT2D eigenvalue weighted by molar-refractivity contribution is 7.80. The minimum Gasteiger partial charge on any atom is -0.497 e. The smallest absolute Gasteiger partial charge is 0.119 e. The summed E-state index contributed by atoms with van der Waals surface area (Å²) in [5, 5.41) is 0. The van der Waals surface area contributed by atoms with Crippen molar-refractivity contribution in [2.24, 2.45) is 5.92 Å². The van der Waals surface area contributed by atoms with E-state index in [-0.39, 0.29) is 0 Å². The molecule has 0 N–H and O–H groups in total. The van der Waals surface area contributed by atoms with Gasteiger partial charge in [-0.25, -0.2) is 0 Å². The van der Waals surface area contributed by atoms with Crippen LogP contribution in [0.3, 0.4) is 0 Å². The number of thiol groups is 1. The van der Waals surface area contributed by atoms with Crippen LogP contribution < -0.4 is 4.74 Å². The molecule has 1 aromatic carbocycles. The van der Waals surface area contributed by atoms with Crippen LogP contribution in [0.2, 0.25) is 0 Å². The quantitative estimate of drug-likeness (QED) is 0.715. The van der Waals surface area contributed by atoms with E-state index in [1.807, 2.05) is 18.2 Å². The van der Waals surface area contributed by atoms with Crippen molar-refractivity contribution in [1.29, 1.82) is 0 Å². The fourth-order valence-corrected chi connectivity index (χ4v) is 2.03. The Morgan fingerprint density at radius 1 is 1.35 bits per heavy atom. The topological polar surface area (TPSA) is 18.5 Å². The Morgan fingerprint density at radius 3 is 2.82 bits per heavy atom. The Morgan fingerprint density at radius 2 is 2.18 bits per heavy atom. The summed E-state index contributed by atoms with van der Waals surface area (Å²) in [4.78, 5) is 0. The Balaban J connectivity index is 2.34. The number of benzene rings is 1. The lowest BCUT2D eigenvalue weighted by molar-refractivity contribution is 0.0907. The van der Waals surface area contributed by atoms with Crippen LogP contribution in [0.25, 0.3) is 0 Å². The molecule has 0 radical (unpaired) electrons. The summed E-state index contributed by atoms with van der Waals surface area (Å²) in [7, 11) is 1.68. The summed E-state index contributed by atoms with van der Waals surface area (Å²) < 4.78 is 10.9. The number of hydrogen-bond donors (Lipinski definition) is 1. The van der Waals surface area contributed by atoms with Crippen molar-refractivity contribution >= 4 is 12.6 Å². The van der Waals surface area contributed by atoms with Crippen LogP contribution >= 0.6 is 12.6 Å². The summed E-state index contributed by atoms with van der Waals surface area (Å²) in [5.74, 6) is 2.34. The van der Waals surface area contributed by atoms with E-state index in [1.165, 1.54) is 12.8 Å². The van der Waals surface area contributed by atoms with Gasteiger partial charge in [-0.1, -0.05) is 25.5 Å². The average molecular weight is 254 g/mol. The second-order valence-corrected chi connectivity index (χ2v) is 4.57. The van der Waals surface area contributed by atoms with E-state index in [0.717, 1.165) is 23.7 Å². The van der Waals surface area contributed by atoms with E-state index < -0.39 is 0 Å². The van der Waals surface area contributed by atoms with Gasteiger partial charge in [-0.15, -0.1) is 0 Å². The highest BCUT2D eigenvalue weighted by Gasteiger charge is 2.05. The van der Waals surface area contributed by atoms with Gasteiger partial charge >= 0.3 is 0 Å². The highest BCUT2D eigenvalue weighted by atomic mass is 32.1. The molecule has 0 bridgehead atoms. The maximum Gasteiger partial charge on any atom is 0.119 e. The molecule has 0 aliphatic rings. The predicted molar refractivity (Wildman–Crippen MR) is 74.9 cm³/mol. The Labute approximate surface area is 110 Å². The first-order valence-electron chi connectivity index (χ1n) is 6.11. The molecule has 0 amide bonds. The van der Waals surface area contributed by atoms with Gasteiger partial charge in [0, 0.05) is 0 Å². The van der Waals surface area contributed by atoms with Crippen LogP contribution in [0.15, 0.2) is 24.3 Å². The van der Waals surface area contributed by atoms with Crippen molar-refractivity contribution < 1.29 is 9.47 Å². The van der Waals surface area contributed by atoms with Crippen molar-refractivity contribution in [3.05, 3.63) is 29.8 Å². The fraction of sp³-hybridized carbons (Fsp3) is 0.571. The summed E-state index contributed by atoms with van der Waals surface area (Å²) in [6.45, 7) is 3.62. The van der Waals surface area contributed by atoms with E-state index in [4.69, 9.17) is 9.47 Å². The van der Waals surface area contributed by atoms with Gasteiger partial charge in [-0.2, -0.15) is 12.6 Å². The van der Waals surface area contributed by atoms with Gasteiger partial charge in [0.1, 0.15) is 5.75 Å². The van der Waals surface area contributed by atoms with Crippen LogP contribution in [-0.4, -0.2) is 19.5 Å². The zero-order valence-electron chi connectivity index (χ0n) is 10.7. The van der Waals surface area contributed by atoms with E-state index in [2.05, 4.69) is 25.6 Å². The summed E-state index contributed by atoms with van der Waals surface area (Å²) in [5.41, 5.74) is 1.15. The lowest BCUT2D eigenvalue weighted by atomic mass is 10.1. The van der Waals surface area contributed by atoms with E-state index in [0.29, 0.717) is 12.5 Å². The van der Waals surface area contributed by atoms with Gasteiger partial charge in [-0.05, 0) is 35.8 Å². The molecule has 0 aliphatic heterocycles. The first kappa shape index (κ1) is 14.4. The molecule has 0 aliphatic carbocycles. The summed E-state index contributed by atoms with van der Waals surface area (Å²) >= 11 is 4.34. The first-order chi connectivity index (χ1) is 8.30. The molecule has 17 heavy (non-hydrogen) atoms. The summed E-state index contributed by atoms with van der Waals surface area (Å²) in [6, 6.07) is 7.99. The zero-order valence-corrected chi connectivity index (χ0v) is 11.6. The molecule has 0 aromatic heterocycles. The van der Waals surface area contributed by atoms with Crippen molar-refractivity contribution in [2.45, 2.75) is 26.4 Å². The molecule has 0 spiro atoms. The van der Waals surface area contributed by atoms with Crippen molar-refractivity contribution in [1.82, 2.24) is 0 Å². The van der Waals surface area contributed by atoms with E-state index >= 15 is 0 Å². The number of ether oxygens (including phenoxy) is 2. The molecular formula is C14H22O2S. The van der Waals surface area contributed by atoms with Gasteiger partial charge in [0.25, 0.3) is 0 Å². The van der Waals surface area contributed by atoms with Crippen LogP contribution in [-0.2, 0) is 11.3 Å². The normalized spacial score (nSPS) is 12.4. The van der Waals surface area contributed by atoms with E-state index in [1.54, 1.807) is 7.11 Å². The average Bonchev–Trinajstić information content (AvgIpc) is 2.38. The Hall–Kier alpha value is -0.670. The highest BCUT2D eigenvalue weighted by Crippen LogP contribution is 2.14. The Kier molecular flexibility index (Phi) is 7.13. The van der Waals surface area contributed by atoms with Gasteiger partial charge < -0.3 is 9.47 Å². The van der Waals surface area contributed by atoms with Gasteiger partial charge in [0.15, 0.2) is 0 Å². The lowest BCUT2D eigenvalue weighted by Gasteiger charge is -2.13. The molecule has 1 atom stereocenters. The van der Waals surface area contributed by atoms with Gasteiger partial charge in [-0.3, -0.25) is 0 Å². The third-order valence-electron chi connectivity index (χ3n) is 2.71. The third kappa shape index (κ3) is 5.46. The monoisotopic (exact) mass is 254 g/mol. The standard InChI is InChI=1S/C14H22O2S/c1-3-5-13(11-17)10-16-9-12-6-4-7-14(8-12)15-2/h4,6-8,13,17H,3,5,9-11H2,1-2H3. The van der Waals surface area contributed by atoms with Crippen molar-refractivity contribution in [3.8, 4) is 5.75 Å². The number of methoxy groups -OCH3 is 1. The van der Waals surface area contributed by atoms with Gasteiger partial charge in [0.05, 0.1) is 20.3 Å². The Bertz CT molecular complexity index is 315. The molecule has 2 nitrogen and oxygen atoms in total. The summed E-state index contributed by atoms with van der Waals surface area (Å²) in [6.07, 6.45) is 2.37. The maximum atomic E-state index is 5.72. The van der Waals surface area contributed by atoms with E-state index in [9.17, 15) is 0 Å². The SMILES string of the molecule is CCCC(CS)COCc1cccc(OC)c1. The molecular weight excluding hydrogens is 232 g/mol. The van der Waals surface area contributed by atoms with Crippen LogP contribution in [0.4, 0.5) is 0 Å². The largest absolute Gasteiger partial charge is 0.497 e. The van der Waals surface area contributed by atoms with Crippen molar-refractivity contribution in [3.63, 3.8) is 0 Å².